The van der Waals surface area contributed by atoms with Crippen LogP contribution < -0.4 is 0 Å². The first kappa shape index (κ1) is 9.19. The number of hydrogen-bond donors (Lipinski definition) is 1. The van der Waals surface area contributed by atoms with Crippen molar-refractivity contribution in [1.29, 1.82) is 0 Å². The molecule has 1 aromatic carbocycles. The van der Waals surface area contributed by atoms with E-state index in [-0.39, 0.29) is 11.1 Å². The van der Waals surface area contributed by atoms with E-state index < -0.39 is 16.7 Å². The van der Waals surface area contributed by atoms with Crippen LogP contribution in [0.2, 0.25) is 0 Å². The van der Waals surface area contributed by atoms with Gasteiger partial charge in [0.2, 0.25) is 5.12 Å². The van der Waals surface area contributed by atoms with Gasteiger partial charge in [-0.2, -0.15) is 0 Å². The zero-order valence-electron chi connectivity index (χ0n) is 6.27. The first-order valence-corrected chi connectivity index (χ1v) is 3.66. The summed E-state index contributed by atoms with van der Waals surface area (Å²) in [5, 5.41) is -0.772. The summed E-state index contributed by atoms with van der Waals surface area (Å²) in [5.41, 5.74) is -0.160. The zero-order chi connectivity index (χ0) is 9.30. The van der Waals surface area contributed by atoms with Crippen LogP contribution in [-0.4, -0.2) is 5.12 Å². The first-order valence-electron chi connectivity index (χ1n) is 3.21. The van der Waals surface area contributed by atoms with Crippen molar-refractivity contribution in [2.24, 2.45) is 0 Å². The summed E-state index contributed by atoms with van der Waals surface area (Å²) in [7, 11) is 0. The molecule has 0 amide bonds. The minimum Gasteiger partial charge on any atom is -0.282 e. The Morgan fingerprint density at radius 3 is 2.42 bits per heavy atom. The molecular formula is C8H6F2OS. The topological polar surface area (TPSA) is 17.1 Å². The van der Waals surface area contributed by atoms with Crippen LogP contribution in [0.4, 0.5) is 8.78 Å². The van der Waals surface area contributed by atoms with Gasteiger partial charge in [-0.1, -0.05) is 0 Å². The molecule has 0 aromatic heterocycles. The van der Waals surface area contributed by atoms with E-state index >= 15 is 0 Å². The molecule has 0 saturated carbocycles. The average Bonchev–Trinajstić information content (AvgIpc) is 1.96. The molecule has 64 valence electrons. The fourth-order valence-electron chi connectivity index (χ4n) is 0.810. The van der Waals surface area contributed by atoms with Crippen molar-refractivity contribution in [1.82, 2.24) is 0 Å². The maximum atomic E-state index is 12.8. The van der Waals surface area contributed by atoms with Gasteiger partial charge in [0, 0.05) is 0 Å². The van der Waals surface area contributed by atoms with Crippen LogP contribution in [0.1, 0.15) is 15.9 Å². The van der Waals surface area contributed by atoms with E-state index in [1.165, 1.54) is 6.92 Å². The van der Waals surface area contributed by atoms with Crippen molar-refractivity contribution in [3.8, 4) is 0 Å². The summed E-state index contributed by atoms with van der Waals surface area (Å²) in [4.78, 5) is 10.6. The van der Waals surface area contributed by atoms with Crippen LogP contribution in [0.25, 0.3) is 0 Å². The quantitative estimate of drug-likeness (QED) is 0.669. The van der Waals surface area contributed by atoms with Gasteiger partial charge in [0.1, 0.15) is 11.6 Å². The van der Waals surface area contributed by atoms with E-state index in [0.717, 1.165) is 12.1 Å². The van der Waals surface area contributed by atoms with Gasteiger partial charge < -0.3 is 0 Å². The van der Waals surface area contributed by atoms with Crippen LogP contribution >= 0.6 is 12.6 Å². The second kappa shape index (κ2) is 3.23. The molecule has 0 atom stereocenters. The van der Waals surface area contributed by atoms with Gasteiger partial charge in [-0.05, 0) is 24.6 Å². The van der Waals surface area contributed by atoms with Crippen molar-refractivity contribution in [2.45, 2.75) is 6.92 Å². The molecule has 0 radical (unpaired) electrons. The minimum absolute atomic E-state index is 0.172. The molecule has 0 unspecified atom stereocenters. The Hall–Kier alpha value is -0.900. The van der Waals surface area contributed by atoms with Crippen molar-refractivity contribution in [3.05, 3.63) is 34.9 Å². The number of halogens is 2. The second-order valence-electron chi connectivity index (χ2n) is 2.39. The Balaban J connectivity index is 3.33. The van der Waals surface area contributed by atoms with E-state index in [2.05, 4.69) is 12.6 Å². The highest BCUT2D eigenvalue weighted by Gasteiger charge is 2.10. The SMILES string of the molecule is Cc1cc(F)c(C(=O)S)cc1F. The van der Waals surface area contributed by atoms with Crippen molar-refractivity contribution in [3.63, 3.8) is 0 Å². The lowest BCUT2D eigenvalue weighted by atomic mass is 10.1. The molecule has 0 heterocycles. The number of carbonyl (C=O) groups excluding carboxylic acids is 1. The smallest absolute Gasteiger partial charge is 0.219 e. The van der Waals surface area contributed by atoms with Gasteiger partial charge in [0.05, 0.1) is 5.56 Å². The van der Waals surface area contributed by atoms with Gasteiger partial charge >= 0.3 is 0 Å². The number of rotatable bonds is 1. The normalized spacial score (nSPS) is 10.0. The molecule has 1 rings (SSSR count). The fourth-order valence-corrected chi connectivity index (χ4v) is 0.982. The summed E-state index contributed by atoms with van der Waals surface area (Å²) >= 11 is 3.39. The maximum Gasteiger partial charge on any atom is 0.219 e. The predicted octanol–water partition coefficient (Wildman–Crippen LogP) is 2.34. The second-order valence-corrected chi connectivity index (χ2v) is 2.79. The third-order valence-corrected chi connectivity index (χ3v) is 1.72. The van der Waals surface area contributed by atoms with E-state index in [9.17, 15) is 13.6 Å². The van der Waals surface area contributed by atoms with Gasteiger partial charge in [-0.15, -0.1) is 12.6 Å². The first-order chi connectivity index (χ1) is 5.52. The molecule has 0 aliphatic carbocycles. The summed E-state index contributed by atoms with van der Waals surface area (Å²) < 4.78 is 25.6. The molecular weight excluding hydrogens is 182 g/mol. The lowest BCUT2D eigenvalue weighted by molar-refractivity contribution is 0.108. The number of aryl methyl sites for hydroxylation is 1. The summed E-state index contributed by atoms with van der Waals surface area (Å²) in [5.74, 6) is -1.34. The predicted molar refractivity (Wildman–Crippen MR) is 44.4 cm³/mol. The van der Waals surface area contributed by atoms with E-state index in [1.54, 1.807) is 0 Å². The Kier molecular flexibility index (Phi) is 2.47. The maximum absolute atomic E-state index is 12.8. The molecule has 0 N–H and O–H groups in total. The largest absolute Gasteiger partial charge is 0.282 e. The molecule has 0 spiro atoms. The van der Waals surface area contributed by atoms with E-state index in [0.29, 0.717) is 0 Å². The van der Waals surface area contributed by atoms with Crippen molar-refractivity contribution >= 4 is 17.7 Å². The Morgan fingerprint density at radius 1 is 1.33 bits per heavy atom. The minimum atomic E-state index is -0.772. The summed E-state index contributed by atoms with van der Waals surface area (Å²) in [6.07, 6.45) is 0. The average molecular weight is 188 g/mol. The molecule has 0 fully saturated rings. The highest BCUT2D eigenvalue weighted by Crippen LogP contribution is 2.15. The van der Waals surface area contributed by atoms with Gasteiger partial charge in [-0.3, -0.25) is 4.79 Å². The van der Waals surface area contributed by atoms with Crippen LogP contribution in [-0.2, 0) is 0 Å². The van der Waals surface area contributed by atoms with Gasteiger partial charge in [0.15, 0.2) is 0 Å². The van der Waals surface area contributed by atoms with Crippen LogP contribution in [0.3, 0.4) is 0 Å². The number of hydrogen-bond acceptors (Lipinski definition) is 1. The molecule has 1 aromatic rings. The lowest BCUT2D eigenvalue weighted by Crippen LogP contribution is -1.97. The Labute approximate surface area is 73.8 Å². The van der Waals surface area contributed by atoms with Crippen LogP contribution in [0.15, 0.2) is 12.1 Å². The van der Waals surface area contributed by atoms with Gasteiger partial charge in [0.25, 0.3) is 0 Å². The van der Waals surface area contributed by atoms with Gasteiger partial charge in [-0.25, -0.2) is 8.78 Å². The zero-order valence-corrected chi connectivity index (χ0v) is 7.16. The molecule has 0 aliphatic heterocycles. The standard InChI is InChI=1S/C8H6F2OS/c1-4-2-7(10)5(8(11)12)3-6(4)9/h2-3H,1H3,(H,11,12). The molecule has 1 nitrogen and oxygen atoms in total. The fraction of sp³-hybridized carbons (Fsp3) is 0.125. The van der Waals surface area contributed by atoms with E-state index in [4.69, 9.17) is 0 Å². The Bertz CT molecular complexity index is 336. The third kappa shape index (κ3) is 1.64. The molecule has 0 aliphatic rings. The Morgan fingerprint density at radius 2 is 1.92 bits per heavy atom. The van der Waals surface area contributed by atoms with E-state index in [1.807, 2.05) is 0 Å². The molecule has 0 saturated heterocycles. The monoisotopic (exact) mass is 188 g/mol. The third-order valence-electron chi connectivity index (χ3n) is 1.48. The van der Waals surface area contributed by atoms with Crippen LogP contribution in [0, 0.1) is 18.6 Å². The lowest BCUT2D eigenvalue weighted by Gasteiger charge is -2.00. The van der Waals surface area contributed by atoms with Crippen LogP contribution in [0.5, 0.6) is 0 Å². The number of benzene rings is 1. The number of carbonyl (C=O) groups is 1. The highest BCUT2D eigenvalue weighted by atomic mass is 32.1. The molecule has 4 heteroatoms. The van der Waals surface area contributed by atoms with Crippen molar-refractivity contribution < 1.29 is 13.6 Å². The number of thiol groups is 1. The summed E-state index contributed by atoms with van der Waals surface area (Å²) in [6, 6.07) is 1.82. The summed E-state index contributed by atoms with van der Waals surface area (Å²) in [6.45, 7) is 1.42. The molecule has 0 bridgehead atoms. The van der Waals surface area contributed by atoms with Crippen molar-refractivity contribution in [2.75, 3.05) is 0 Å². The highest BCUT2D eigenvalue weighted by molar-refractivity contribution is 7.97. The molecule has 12 heavy (non-hydrogen) atoms.